The van der Waals surface area contributed by atoms with Gasteiger partial charge >= 0.3 is 5.97 Å². The number of halogens is 1. The second-order valence-corrected chi connectivity index (χ2v) is 4.64. The zero-order valence-electron chi connectivity index (χ0n) is 10.6. The summed E-state index contributed by atoms with van der Waals surface area (Å²) in [7, 11) is 0. The fourth-order valence-corrected chi connectivity index (χ4v) is 1.76. The lowest BCUT2D eigenvalue weighted by Crippen LogP contribution is -2.35. The first-order chi connectivity index (χ1) is 8.95. The maximum Gasteiger partial charge on any atom is 0.335 e. The molecule has 1 aromatic carbocycles. The lowest BCUT2D eigenvalue weighted by atomic mass is 10.1. The van der Waals surface area contributed by atoms with Crippen LogP contribution in [0.2, 0.25) is 5.02 Å². The number of nitrogens with two attached hydrogens (primary N) is 1. The quantitative estimate of drug-likeness (QED) is 0.748. The average molecular weight is 285 g/mol. The number of carbonyl (C=O) groups excluding carboxylic acids is 1. The summed E-state index contributed by atoms with van der Waals surface area (Å²) in [5.41, 5.74) is 6.16. The van der Waals surface area contributed by atoms with Crippen molar-refractivity contribution in [2.45, 2.75) is 32.2 Å². The van der Waals surface area contributed by atoms with E-state index >= 15 is 0 Å². The molecule has 19 heavy (non-hydrogen) atoms. The van der Waals surface area contributed by atoms with E-state index in [9.17, 15) is 9.59 Å². The number of aromatic carboxylic acids is 1. The Balaban J connectivity index is 2.72. The molecule has 0 spiro atoms. The Labute approximate surface area is 116 Å². The van der Waals surface area contributed by atoms with Crippen LogP contribution in [0.5, 0.6) is 0 Å². The smallest absolute Gasteiger partial charge is 0.335 e. The normalized spacial score (nSPS) is 11.9. The van der Waals surface area contributed by atoms with E-state index in [1.807, 2.05) is 6.92 Å². The summed E-state index contributed by atoms with van der Waals surface area (Å²) >= 11 is 5.91. The lowest BCUT2D eigenvalue weighted by Gasteiger charge is -2.13. The van der Waals surface area contributed by atoms with Crippen LogP contribution in [0, 0.1) is 0 Å². The Kier molecular flexibility index (Phi) is 5.79. The van der Waals surface area contributed by atoms with Crippen molar-refractivity contribution in [2.24, 2.45) is 5.73 Å². The SMILES string of the molecule is CCCC[C@H](N)C(=O)Nc1ccc(C(=O)O)cc1Cl. The first-order valence-corrected chi connectivity index (χ1v) is 6.42. The molecule has 0 heterocycles. The van der Waals surface area contributed by atoms with Crippen molar-refractivity contribution in [3.05, 3.63) is 28.8 Å². The lowest BCUT2D eigenvalue weighted by molar-refractivity contribution is -0.117. The first-order valence-electron chi connectivity index (χ1n) is 6.05. The minimum Gasteiger partial charge on any atom is -0.478 e. The Morgan fingerprint density at radius 3 is 2.68 bits per heavy atom. The number of nitrogens with one attached hydrogen (secondary N) is 1. The topological polar surface area (TPSA) is 92.4 Å². The van der Waals surface area contributed by atoms with Crippen molar-refractivity contribution < 1.29 is 14.7 Å². The van der Waals surface area contributed by atoms with E-state index in [1.54, 1.807) is 0 Å². The van der Waals surface area contributed by atoms with E-state index < -0.39 is 12.0 Å². The molecule has 0 radical (unpaired) electrons. The van der Waals surface area contributed by atoms with Gasteiger partial charge in [-0.3, -0.25) is 4.79 Å². The highest BCUT2D eigenvalue weighted by Gasteiger charge is 2.15. The first kappa shape index (κ1) is 15.5. The summed E-state index contributed by atoms with van der Waals surface area (Å²) in [5.74, 6) is -1.39. The number of carboxylic acids is 1. The summed E-state index contributed by atoms with van der Waals surface area (Å²) in [6.07, 6.45) is 2.45. The minimum atomic E-state index is -1.07. The van der Waals surface area contributed by atoms with Crippen LogP contribution >= 0.6 is 11.6 Å². The number of rotatable bonds is 6. The molecule has 0 unspecified atom stereocenters. The molecule has 0 saturated carbocycles. The number of carboxylic acid groups (broad SMARTS) is 1. The van der Waals surface area contributed by atoms with Crippen molar-refractivity contribution in [3.63, 3.8) is 0 Å². The summed E-state index contributed by atoms with van der Waals surface area (Å²) < 4.78 is 0. The fraction of sp³-hybridized carbons (Fsp3) is 0.385. The number of anilines is 1. The second kappa shape index (κ2) is 7.11. The van der Waals surface area contributed by atoms with Gasteiger partial charge in [0.1, 0.15) is 0 Å². The number of hydrogen-bond donors (Lipinski definition) is 3. The maximum atomic E-state index is 11.8. The van der Waals surface area contributed by atoms with Gasteiger partial charge in [0, 0.05) is 0 Å². The molecule has 1 rings (SSSR count). The van der Waals surface area contributed by atoms with E-state index in [-0.39, 0.29) is 16.5 Å². The van der Waals surface area contributed by atoms with Gasteiger partial charge in [-0.25, -0.2) is 4.79 Å². The monoisotopic (exact) mass is 284 g/mol. The highest BCUT2D eigenvalue weighted by Crippen LogP contribution is 2.23. The molecule has 0 fully saturated rings. The summed E-state index contributed by atoms with van der Waals surface area (Å²) in [4.78, 5) is 22.5. The van der Waals surface area contributed by atoms with E-state index in [0.29, 0.717) is 12.1 Å². The van der Waals surface area contributed by atoms with Crippen LogP contribution in [0.4, 0.5) is 5.69 Å². The summed E-state index contributed by atoms with van der Waals surface area (Å²) in [6, 6.07) is 3.53. The van der Waals surface area contributed by atoms with Crippen LogP contribution < -0.4 is 11.1 Å². The molecular weight excluding hydrogens is 268 g/mol. The van der Waals surface area contributed by atoms with Gasteiger partial charge < -0.3 is 16.2 Å². The largest absolute Gasteiger partial charge is 0.478 e. The molecule has 1 aromatic rings. The third-order valence-corrected chi connectivity index (χ3v) is 2.99. The standard InChI is InChI=1S/C13H17ClN2O3/c1-2-3-4-10(15)12(17)16-11-6-5-8(13(18)19)7-9(11)14/h5-7,10H,2-4,15H2,1H3,(H,16,17)(H,18,19)/t10-/m0/s1. The van der Waals surface area contributed by atoms with Crippen molar-refractivity contribution in [2.75, 3.05) is 5.32 Å². The van der Waals surface area contributed by atoms with E-state index in [2.05, 4.69) is 5.32 Å². The molecule has 1 atom stereocenters. The number of amides is 1. The van der Waals surface area contributed by atoms with Gasteiger partial charge in [0.05, 0.1) is 22.3 Å². The van der Waals surface area contributed by atoms with Gasteiger partial charge in [-0.2, -0.15) is 0 Å². The molecular formula is C13H17ClN2O3. The second-order valence-electron chi connectivity index (χ2n) is 4.24. The summed E-state index contributed by atoms with van der Waals surface area (Å²) in [5, 5.41) is 11.6. The Morgan fingerprint density at radius 2 is 2.16 bits per heavy atom. The third-order valence-electron chi connectivity index (χ3n) is 2.68. The van der Waals surface area contributed by atoms with E-state index in [4.69, 9.17) is 22.4 Å². The van der Waals surface area contributed by atoms with Crippen LogP contribution in [0.3, 0.4) is 0 Å². The zero-order valence-corrected chi connectivity index (χ0v) is 11.4. The molecule has 6 heteroatoms. The predicted molar refractivity (Wildman–Crippen MR) is 74.5 cm³/mol. The molecule has 4 N–H and O–H groups in total. The van der Waals surface area contributed by atoms with Gasteiger partial charge in [0.25, 0.3) is 0 Å². The van der Waals surface area contributed by atoms with E-state index in [0.717, 1.165) is 12.8 Å². The number of carbonyl (C=O) groups is 2. The van der Waals surface area contributed by atoms with Gasteiger partial charge in [0.2, 0.25) is 5.91 Å². The molecule has 0 aliphatic rings. The van der Waals surface area contributed by atoms with Crippen molar-refractivity contribution in [1.82, 2.24) is 0 Å². The van der Waals surface area contributed by atoms with Crippen molar-refractivity contribution in [3.8, 4) is 0 Å². The van der Waals surface area contributed by atoms with Crippen molar-refractivity contribution >= 4 is 29.2 Å². The fourth-order valence-electron chi connectivity index (χ4n) is 1.53. The molecule has 0 aromatic heterocycles. The van der Waals surface area contributed by atoms with Crippen LogP contribution in [-0.4, -0.2) is 23.0 Å². The number of hydrogen-bond acceptors (Lipinski definition) is 3. The maximum absolute atomic E-state index is 11.8. The zero-order chi connectivity index (χ0) is 14.4. The Bertz CT molecular complexity index is 477. The third kappa shape index (κ3) is 4.54. The Morgan fingerprint density at radius 1 is 1.47 bits per heavy atom. The average Bonchev–Trinajstić information content (AvgIpc) is 2.37. The van der Waals surface area contributed by atoms with Crippen LogP contribution in [0.1, 0.15) is 36.5 Å². The van der Waals surface area contributed by atoms with Gasteiger partial charge in [0.15, 0.2) is 0 Å². The molecule has 0 aliphatic heterocycles. The molecule has 1 amide bonds. The predicted octanol–water partition coefficient (Wildman–Crippen LogP) is 2.49. The van der Waals surface area contributed by atoms with Crippen LogP contribution in [0.15, 0.2) is 18.2 Å². The van der Waals surface area contributed by atoms with Gasteiger partial charge in [-0.05, 0) is 24.6 Å². The van der Waals surface area contributed by atoms with E-state index in [1.165, 1.54) is 18.2 Å². The number of benzene rings is 1. The van der Waals surface area contributed by atoms with Crippen LogP contribution in [0.25, 0.3) is 0 Å². The molecule has 5 nitrogen and oxygen atoms in total. The molecule has 0 bridgehead atoms. The molecule has 0 aliphatic carbocycles. The number of unbranched alkanes of at least 4 members (excludes halogenated alkanes) is 1. The summed E-state index contributed by atoms with van der Waals surface area (Å²) in [6.45, 7) is 2.02. The van der Waals surface area contributed by atoms with Crippen molar-refractivity contribution in [1.29, 1.82) is 0 Å². The molecule has 0 saturated heterocycles. The van der Waals surface area contributed by atoms with Crippen LogP contribution in [-0.2, 0) is 4.79 Å². The molecule has 104 valence electrons. The highest BCUT2D eigenvalue weighted by atomic mass is 35.5. The van der Waals surface area contributed by atoms with Gasteiger partial charge in [-0.1, -0.05) is 31.4 Å². The van der Waals surface area contributed by atoms with Gasteiger partial charge in [-0.15, -0.1) is 0 Å². The minimum absolute atomic E-state index is 0.0679. The highest BCUT2D eigenvalue weighted by molar-refractivity contribution is 6.34. The Hall–Kier alpha value is -1.59.